The molecule has 5 N–H and O–H groups in total. The zero-order valence-electron chi connectivity index (χ0n) is 6.77. The Hall–Kier alpha value is -2.04. The molecule has 13 heavy (non-hydrogen) atoms. The van der Waals surface area contributed by atoms with E-state index in [1.807, 2.05) is 0 Å². The van der Waals surface area contributed by atoms with Gasteiger partial charge in [-0.05, 0) is 6.07 Å². The van der Waals surface area contributed by atoms with Gasteiger partial charge < -0.3 is 16.7 Å². The zero-order chi connectivity index (χ0) is 9.84. The van der Waals surface area contributed by atoms with Crippen molar-refractivity contribution in [3.63, 3.8) is 0 Å². The van der Waals surface area contributed by atoms with Crippen molar-refractivity contribution < 1.29 is 9.90 Å². The SMILES string of the molecule is N/N=C(/C(=O)O)c1ccccc1N. The second-order valence-electron chi connectivity index (χ2n) is 2.37. The molecule has 0 saturated carbocycles. The third-order valence-corrected chi connectivity index (χ3v) is 1.55. The first-order valence-corrected chi connectivity index (χ1v) is 3.53. The molecule has 5 nitrogen and oxygen atoms in total. The molecule has 68 valence electrons. The van der Waals surface area contributed by atoms with Gasteiger partial charge in [0.05, 0.1) is 0 Å². The number of nitrogen functional groups attached to an aromatic ring is 1. The van der Waals surface area contributed by atoms with Crippen LogP contribution in [0.2, 0.25) is 0 Å². The first-order valence-electron chi connectivity index (χ1n) is 3.53. The lowest BCUT2D eigenvalue weighted by molar-refractivity contribution is -0.129. The second kappa shape index (κ2) is 3.57. The summed E-state index contributed by atoms with van der Waals surface area (Å²) in [5.41, 5.74) is 5.97. The lowest BCUT2D eigenvalue weighted by Crippen LogP contribution is -2.17. The van der Waals surface area contributed by atoms with Gasteiger partial charge in [0.15, 0.2) is 5.71 Å². The van der Waals surface area contributed by atoms with Crippen LogP contribution < -0.4 is 11.6 Å². The van der Waals surface area contributed by atoms with Crippen LogP contribution in [-0.4, -0.2) is 16.8 Å². The maximum absolute atomic E-state index is 10.6. The van der Waals surface area contributed by atoms with Crippen molar-refractivity contribution in [1.82, 2.24) is 0 Å². The topological polar surface area (TPSA) is 102 Å². The fourth-order valence-electron chi connectivity index (χ4n) is 0.953. The van der Waals surface area contributed by atoms with Crippen molar-refractivity contribution >= 4 is 17.4 Å². The fourth-order valence-corrected chi connectivity index (χ4v) is 0.953. The number of rotatable bonds is 2. The Labute approximate surface area is 74.7 Å². The van der Waals surface area contributed by atoms with E-state index < -0.39 is 5.97 Å². The summed E-state index contributed by atoms with van der Waals surface area (Å²) in [6.45, 7) is 0. The maximum Gasteiger partial charge on any atom is 0.357 e. The number of carboxylic acids is 1. The maximum atomic E-state index is 10.6. The summed E-state index contributed by atoms with van der Waals surface area (Å²) < 4.78 is 0. The first-order chi connectivity index (χ1) is 6.16. The predicted octanol–water partition coefficient (Wildman–Crippen LogP) is 0.0162. The van der Waals surface area contributed by atoms with Gasteiger partial charge in [0, 0.05) is 11.3 Å². The van der Waals surface area contributed by atoms with Gasteiger partial charge in [-0.15, -0.1) is 0 Å². The van der Waals surface area contributed by atoms with E-state index in [1.54, 1.807) is 24.3 Å². The summed E-state index contributed by atoms with van der Waals surface area (Å²) in [6, 6.07) is 6.51. The van der Waals surface area contributed by atoms with Crippen LogP contribution in [0.3, 0.4) is 0 Å². The summed E-state index contributed by atoms with van der Waals surface area (Å²) >= 11 is 0. The number of nitrogens with zero attached hydrogens (tertiary/aromatic N) is 1. The number of anilines is 1. The van der Waals surface area contributed by atoms with E-state index >= 15 is 0 Å². The van der Waals surface area contributed by atoms with E-state index in [0.717, 1.165) is 0 Å². The zero-order valence-corrected chi connectivity index (χ0v) is 6.77. The van der Waals surface area contributed by atoms with Crippen molar-refractivity contribution in [2.24, 2.45) is 10.9 Å². The molecule has 0 amide bonds. The van der Waals surface area contributed by atoms with Gasteiger partial charge in [0.2, 0.25) is 0 Å². The first kappa shape index (κ1) is 9.05. The molecule has 0 heterocycles. The summed E-state index contributed by atoms with van der Waals surface area (Å²) in [7, 11) is 0. The van der Waals surface area contributed by atoms with Gasteiger partial charge in [-0.1, -0.05) is 18.2 Å². The minimum Gasteiger partial charge on any atom is -0.476 e. The molecule has 0 unspecified atom stereocenters. The molecule has 0 fully saturated rings. The second-order valence-corrected chi connectivity index (χ2v) is 2.37. The number of hydrogen-bond donors (Lipinski definition) is 3. The van der Waals surface area contributed by atoms with Gasteiger partial charge in [-0.3, -0.25) is 0 Å². The number of carboxylic acid groups (broad SMARTS) is 1. The fraction of sp³-hybridized carbons (Fsp3) is 0. The van der Waals surface area contributed by atoms with Crippen molar-refractivity contribution in [2.75, 3.05) is 5.73 Å². The Bertz CT molecular complexity index is 360. The Kier molecular flexibility index (Phi) is 2.49. The Morgan fingerprint density at radius 2 is 2.00 bits per heavy atom. The van der Waals surface area contributed by atoms with Crippen LogP contribution in [0.1, 0.15) is 5.56 Å². The number of nitrogens with two attached hydrogens (primary N) is 2. The van der Waals surface area contributed by atoms with Gasteiger partial charge in [0.25, 0.3) is 0 Å². The van der Waals surface area contributed by atoms with Crippen molar-refractivity contribution in [3.8, 4) is 0 Å². The van der Waals surface area contributed by atoms with E-state index in [-0.39, 0.29) is 5.71 Å². The van der Waals surface area contributed by atoms with Crippen LogP contribution in [-0.2, 0) is 4.79 Å². The highest BCUT2D eigenvalue weighted by atomic mass is 16.4. The number of carbonyl (C=O) groups is 1. The number of aliphatic carboxylic acids is 1. The summed E-state index contributed by atoms with van der Waals surface area (Å²) in [6.07, 6.45) is 0. The molecule has 0 aliphatic heterocycles. The van der Waals surface area contributed by atoms with E-state index in [0.29, 0.717) is 11.3 Å². The molecular formula is C8H9N3O2. The highest BCUT2D eigenvalue weighted by Gasteiger charge is 2.13. The summed E-state index contributed by atoms with van der Waals surface area (Å²) in [5, 5.41) is 11.8. The Balaban J connectivity index is 3.21. The lowest BCUT2D eigenvalue weighted by atomic mass is 10.1. The van der Waals surface area contributed by atoms with Gasteiger partial charge in [-0.25, -0.2) is 4.79 Å². The monoisotopic (exact) mass is 179 g/mol. The smallest absolute Gasteiger partial charge is 0.357 e. The minimum atomic E-state index is -1.19. The van der Waals surface area contributed by atoms with Crippen LogP contribution in [0.15, 0.2) is 29.4 Å². The largest absolute Gasteiger partial charge is 0.476 e. The molecular weight excluding hydrogens is 170 g/mol. The van der Waals surface area contributed by atoms with Crippen LogP contribution in [0.4, 0.5) is 5.69 Å². The average molecular weight is 179 g/mol. The quantitative estimate of drug-likeness (QED) is 0.257. The van der Waals surface area contributed by atoms with E-state index in [9.17, 15) is 4.79 Å². The van der Waals surface area contributed by atoms with Gasteiger partial charge >= 0.3 is 5.97 Å². The molecule has 1 aromatic rings. The molecule has 1 rings (SSSR count). The normalized spacial score (nSPS) is 11.2. The molecule has 0 spiro atoms. The molecule has 1 aromatic carbocycles. The average Bonchev–Trinajstić information content (AvgIpc) is 2.09. The highest BCUT2D eigenvalue weighted by molar-refractivity contribution is 6.43. The molecule has 0 atom stereocenters. The summed E-state index contributed by atoms with van der Waals surface area (Å²) in [4.78, 5) is 10.6. The third kappa shape index (κ3) is 1.76. The van der Waals surface area contributed by atoms with Crippen LogP contribution >= 0.6 is 0 Å². The lowest BCUT2D eigenvalue weighted by Gasteiger charge is -2.02. The van der Waals surface area contributed by atoms with Crippen molar-refractivity contribution in [1.29, 1.82) is 0 Å². The molecule has 0 saturated heterocycles. The molecule has 0 aromatic heterocycles. The Morgan fingerprint density at radius 1 is 1.38 bits per heavy atom. The number of hydrazone groups is 1. The van der Waals surface area contributed by atoms with Crippen LogP contribution in [0.25, 0.3) is 0 Å². The van der Waals surface area contributed by atoms with Gasteiger partial charge in [-0.2, -0.15) is 5.10 Å². The molecule has 0 radical (unpaired) electrons. The van der Waals surface area contributed by atoms with Crippen LogP contribution in [0, 0.1) is 0 Å². The predicted molar refractivity (Wildman–Crippen MR) is 49.2 cm³/mol. The van der Waals surface area contributed by atoms with Gasteiger partial charge in [0.1, 0.15) is 0 Å². The van der Waals surface area contributed by atoms with E-state index in [1.165, 1.54) is 0 Å². The molecule has 0 aliphatic carbocycles. The van der Waals surface area contributed by atoms with Crippen molar-refractivity contribution in [2.45, 2.75) is 0 Å². The standard InChI is InChI=1S/C8H9N3O2/c9-6-4-2-1-3-5(6)7(11-10)8(12)13/h1-4H,9-10H2,(H,12,13)/b11-7+. The number of para-hydroxylation sites is 1. The summed E-state index contributed by atoms with van der Waals surface area (Å²) in [5.74, 6) is 3.73. The highest BCUT2D eigenvalue weighted by Crippen LogP contribution is 2.11. The van der Waals surface area contributed by atoms with E-state index in [2.05, 4.69) is 5.10 Å². The van der Waals surface area contributed by atoms with Crippen LogP contribution in [0.5, 0.6) is 0 Å². The minimum absolute atomic E-state index is 0.238. The molecule has 0 aliphatic rings. The van der Waals surface area contributed by atoms with E-state index in [4.69, 9.17) is 16.7 Å². The van der Waals surface area contributed by atoms with Crippen molar-refractivity contribution in [3.05, 3.63) is 29.8 Å². The number of benzene rings is 1. The molecule has 5 heteroatoms. The molecule has 0 bridgehead atoms. The number of hydrogen-bond acceptors (Lipinski definition) is 4. The third-order valence-electron chi connectivity index (χ3n) is 1.55. The Morgan fingerprint density at radius 3 is 2.46 bits per heavy atom.